The quantitative estimate of drug-likeness (QED) is 0.383. The molecule has 0 spiro atoms. The highest BCUT2D eigenvalue weighted by molar-refractivity contribution is 6.11. The number of hydrogen-bond acceptors (Lipinski definition) is 2. The maximum atomic E-state index is 3.30. The van der Waals surface area contributed by atoms with E-state index < -0.39 is 0 Å². The van der Waals surface area contributed by atoms with Gasteiger partial charge in [-0.1, -0.05) is 0 Å². The predicted molar refractivity (Wildman–Crippen MR) is 25.0 cm³/mol. The Balaban J connectivity index is 2.32. The monoisotopic (exact) mass is 97.0 g/mol. The van der Waals surface area contributed by atoms with E-state index in [4.69, 9.17) is 0 Å². The number of rotatable bonds is 0. The van der Waals surface area contributed by atoms with Crippen molar-refractivity contribution in [2.24, 2.45) is 0 Å². The van der Waals surface area contributed by atoms with Crippen LogP contribution in [0.2, 0.25) is 0 Å². The molecule has 0 saturated carbocycles. The van der Waals surface area contributed by atoms with Crippen molar-refractivity contribution in [1.29, 1.82) is 0 Å². The van der Waals surface area contributed by atoms with Gasteiger partial charge < -0.3 is 10.6 Å². The zero-order valence-corrected chi connectivity index (χ0v) is 4.23. The third-order valence-electron chi connectivity index (χ3n) is 0.609. The molecular formula is C3H5N2Si. The lowest BCUT2D eigenvalue weighted by molar-refractivity contribution is 0.758. The molecule has 31 valence electrons. The van der Waals surface area contributed by atoms with Crippen molar-refractivity contribution >= 4 is 10.2 Å². The highest BCUT2D eigenvalue weighted by Crippen LogP contribution is 1.76. The van der Waals surface area contributed by atoms with Crippen molar-refractivity contribution < 1.29 is 0 Å². The molecule has 2 nitrogen and oxygen atoms in total. The Labute approximate surface area is 40.0 Å². The van der Waals surface area contributed by atoms with E-state index in [9.17, 15) is 0 Å². The van der Waals surface area contributed by atoms with Crippen LogP contribution in [-0.2, 0) is 0 Å². The Morgan fingerprint density at radius 1 is 1.33 bits per heavy atom. The summed E-state index contributed by atoms with van der Waals surface area (Å²) in [4.78, 5) is 0. The molecule has 0 aliphatic carbocycles. The zero-order chi connectivity index (χ0) is 4.41. The lowest BCUT2D eigenvalue weighted by Crippen LogP contribution is -2.30. The lowest BCUT2D eigenvalue weighted by Gasteiger charge is -2.00. The first kappa shape index (κ1) is 3.74. The van der Waals surface area contributed by atoms with E-state index in [1.165, 1.54) is 0 Å². The van der Waals surface area contributed by atoms with E-state index >= 15 is 0 Å². The van der Waals surface area contributed by atoms with E-state index in [2.05, 4.69) is 20.9 Å². The van der Waals surface area contributed by atoms with Gasteiger partial charge in [-0.15, -0.1) is 0 Å². The molecule has 0 unspecified atom stereocenters. The minimum absolute atomic E-state index is 0.241. The molecule has 1 rings (SSSR count). The Morgan fingerprint density at radius 2 is 1.83 bits per heavy atom. The van der Waals surface area contributed by atoms with Crippen LogP contribution in [-0.4, -0.2) is 16.0 Å². The van der Waals surface area contributed by atoms with Gasteiger partial charge in [-0.25, -0.2) is 0 Å². The van der Waals surface area contributed by atoms with Crippen LogP contribution < -0.4 is 10.6 Å². The van der Waals surface area contributed by atoms with Crippen LogP contribution >= 0.6 is 0 Å². The molecular weight excluding hydrogens is 92.1 g/mol. The molecule has 3 heteroatoms. The Kier molecular flexibility index (Phi) is 0.835. The highest BCUT2D eigenvalue weighted by atomic mass is 28.1. The molecule has 0 amide bonds. The minimum atomic E-state index is 0.241. The second-order valence-electron chi connectivity index (χ2n) is 1.10. The fourth-order valence-electron chi connectivity index (χ4n) is 0.337. The first-order valence-electron chi connectivity index (χ1n) is 1.78. The maximum absolute atomic E-state index is 3.30. The lowest BCUT2D eigenvalue weighted by atomic mass is 11.0. The van der Waals surface area contributed by atoms with E-state index in [0.29, 0.717) is 0 Å². The summed E-state index contributed by atoms with van der Waals surface area (Å²) in [5.41, 5.74) is 0. The van der Waals surface area contributed by atoms with E-state index in [0.717, 1.165) is 0 Å². The minimum Gasteiger partial charge on any atom is -0.374 e. The van der Waals surface area contributed by atoms with Gasteiger partial charge in [0, 0.05) is 12.4 Å². The average Bonchev–Trinajstić information content (AvgIpc) is 1.86. The van der Waals surface area contributed by atoms with Gasteiger partial charge in [0.1, 0.15) is 0 Å². The summed E-state index contributed by atoms with van der Waals surface area (Å²) >= 11 is 0. The summed E-state index contributed by atoms with van der Waals surface area (Å²) in [7, 11) is 3.30. The fourth-order valence-corrected chi connectivity index (χ4v) is 0.529. The first-order chi connectivity index (χ1) is 2.89. The van der Waals surface area contributed by atoms with Crippen molar-refractivity contribution in [3.63, 3.8) is 0 Å². The van der Waals surface area contributed by atoms with Crippen LogP contribution in [0.25, 0.3) is 0 Å². The van der Waals surface area contributed by atoms with Crippen LogP contribution in [0.1, 0.15) is 0 Å². The highest BCUT2D eigenvalue weighted by Gasteiger charge is 1.95. The van der Waals surface area contributed by atoms with Crippen LogP contribution in [0.3, 0.4) is 0 Å². The molecule has 1 aliphatic rings. The van der Waals surface area contributed by atoms with Crippen LogP contribution in [0.4, 0.5) is 0 Å². The third kappa shape index (κ3) is 0.541. The summed E-state index contributed by atoms with van der Waals surface area (Å²) in [6, 6.07) is 0. The molecule has 0 bridgehead atoms. The Morgan fingerprint density at radius 3 is 2.00 bits per heavy atom. The fraction of sp³-hybridized carbons (Fsp3) is 0.333. The molecule has 0 aromatic carbocycles. The van der Waals surface area contributed by atoms with Crippen molar-refractivity contribution in [2.75, 3.05) is 0 Å². The van der Waals surface area contributed by atoms with Crippen LogP contribution in [0.5, 0.6) is 0 Å². The van der Waals surface area contributed by atoms with Gasteiger partial charge in [0.05, 0.1) is 16.0 Å². The summed E-state index contributed by atoms with van der Waals surface area (Å²) in [5.74, 6) is 0.241. The van der Waals surface area contributed by atoms with Crippen LogP contribution in [0, 0.1) is 0 Å². The standard InChI is InChI=1S/C3H5N2Si/c6-3-4-1-2-5-3/h1-5H. The first-order valence-corrected chi connectivity index (χ1v) is 2.35. The molecule has 1 aliphatic heterocycles. The third-order valence-corrected chi connectivity index (χ3v) is 0.942. The predicted octanol–water partition coefficient (Wildman–Crippen LogP) is -0.898. The Hall–Kier alpha value is -0.443. The number of nitrogens with one attached hydrogen (secondary N) is 2. The van der Waals surface area contributed by atoms with Gasteiger partial charge in [0.25, 0.3) is 0 Å². The smallest absolute Gasteiger partial charge is 0.0865 e. The van der Waals surface area contributed by atoms with E-state index in [1.807, 2.05) is 12.4 Å². The zero-order valence-electron chi connectivity index (χ0n) is 3.23. The summed E-state index contributed by atoms with van der Waals surface area (Å²) in [5, 5.41) is 5.88. The van der Waals surface area contributed by atoms with Gasteiger partial charge in [-0.2, -0.15) is 0 Å². The summed E-state index contributed by atoms with van der Waals surface area (Å²) in [6.45, 7) is 0. The second kappa shape index (κ2) is 1.34. The average molecular weight is 97.2 g/mol. The molecule has 0 atom stereocenters. The molecule has 0 fully saturated rings. The van der Waals surface area contributed by atoms with Crippen molar-refractivity contribution in [2.45, 2.75) is 5.79 Å². The molecule has 0 aromatic heterocycles. The maximum Gasteiger partial charge on any atom is 0.0865 e. The Bertz CT molecular complexity index is 63.2. The molecule has 3 radical (unpaired) electrons. The molecule has 1 heterocycles. The molecule has 0 saturated heterocycles. The second-order valence-corrected chi connectivity index (χ2v) is 1.68. The van der Waals surface area contributed by atoms with Crippen molar-refractivity contribution in [3.05, 3.63) is 12.4 Å². The summed E-state index contributed by atoms with van der Waals surface area (Å²) in [6.07, 6.45) is 3.69. The molecule has 0 aromatic rings. The SMILES string of the molecule is [Si]C1NC=CN1. The van der Waals surface area contributed by atoms with Gasteiger partial charge in [-0.3, -0.25) is 0 Å². The topological polar surface area (TPSA) is 24.1 Å². The largest absolute Gasteiger partial charge is 0.374 e. The van der Waals surface area contributed by atoms with Crippen LogP contribution in [0.15, 0.2) is 12.4 Å². The summed E-state index contributed by atoms with van der Waals surface area (Å²) < 4.78 is 0. The van der Waals surface area contributed by atoms with Crippen molar-refractivity contribution in [1.82, 2.24) is 10.6 Å². The molecule has 6 heavy (non-hydrogen) atoms. The molecule has 2 N–H and O–H groups in total. The van der Waals surface area contributed by atoms with Gasteiger partial charge in [-0.05, 0) is 0 Å². The van der Waals surface area contributed by atoms with Crippen molar-refractivity contribution in [3.8, 4) is 0 Å². The normalized spacial score (nSPS) is 20.2. The van der Waals surface area contributed by atoms with E-state index in [1.54, 1.807) is 0 Å². The number of hydrogen-bond donors (Lipinski definition) is 2. The van der Waals surface area contributed by atoms with Gasteiger partial charge in [0.15, 0.2) is 0 Å². The van der Waals surface area contributed by atoms with Gasteiger partial charge >= 0.3 is 0 Å². The van der Waals surface area contributed by atoms with E-state index in [-0.39, 0.29) is 5.79 Å². The van der Waals surface area contributed by atoms with Gasteiger partial charge in [0.2, 0.25) is 0 Å².